The predicted octanol–water partition coefficient (Wildman–Crippen LogP) is 3.78. The summed E-state index contributed by atoms with van der Waals surface area (Å²) in [6.07, 6.45) is 7.00. The molecule has 0 unspecified atom stereocenters. The van der Waals surface area contributed by atoms with Crippen molar-refractivity contribution in [3.63, 3.8) is 0 Å². The number of carbonyl (C=O) groups excluding carboxylic acids is 1. The second-order valence-electron chi connectivity index (χ2n) is 5.70. The summed E-state index contributed by atoms with van der Waals surface area (Å²) in [5.41, 5.74) is 2.10. The molecule has 106 valence electrons. The third-order valence-corrected chi connectivity index (χ3v) is 4.60. The fraction of sp³-hybridized carbons (Fsp3) is 0.529. The molecule has 1 aliphatic rings. The molecule has 0 spiro atoms. The van der Waals surface area contributed by atoms with E-state index in [4.69, 9.17) is 0 Å². The molecule has 20 heavy (non-hydrogen) atoms. The number of nitriles is 1. The molecule has 0 aromatic heterocycles. The van der Waals surface area contributed by atoms with Crippen molar-refractivity contribution < 1.29 is 4.79 Å². The molecule has 2 rings (SSSR count). The summed E-state index contributed by atoms with van der Waals surface area (Å²) >= 11 is 0. The minimum atomic E-state index is 0.506. The van der Waals surface area contributed by atoms with E-state index in [0.29, 0.717) is 17.2 Å². The highest BCUT2D eigenvalue weighted by atomic mass is 16.1. The molecule has 0 heterocycles. The van der Waals surface area contributed by atoms with Crippen LogP contribution in [0.5, 0.6) is 0 Å². The van der Waals surface area contributed by atoms with Gasteiger partial charge in [-0.3, -0.25) is 4.79 Å². The largest absolute Gasteiger partial charge is 0.371 e. The first-order chi connectivity index (χ1) is 9.69. The summed E-state index contributed by atoms with van der Waals surface area (Å²) in [4.78, 5) is 13.0. The average molecular weight is 270 g/mol. The second-order valence-corrected chi connectivity index (χ2v) is 5.70. The Hall–Kier alpha value is -1.82. The van der Waals surface area contributed by atoms with Gasteiger partial charge in [0, 0.05) is 18.7 Å². The van der Waals surface area contributed by atoms with Crippen LogP contribution in [0.2, 0.25) is 0 Å². The third-order valence-electron chi connectivity index (χ3n) is 4.60. The fourth-order valence-electron chi connectivity index (χ4n) is 3.16. The van der Waals surface area contributed by atoms with Crippen LogP contribution in [0.25, 0.3) is 0 Å². The van der Waals surface area contributed by atoms with Gasteiger partial charge in [0.2, 0.25) is 0 Å². The molecule has 1 saturated carbocycles. The Morgan fingerprint density at radius 3 is 2.60 bits per heavy atom. The molecule has 0 radical (unpaired) electrons. The van der Waals surface area contributed by atoms with Crippen molar-refractivity contribution in [3.05, 3.63) is 29.3 Å². The van der Waals surface area contributed by atoms with Crippen LogP contribution < -0.4 is 4.90 Å². The van der Waals surface area contributed by atoms with Crippen molar-refractivity contribution in [1.82, 2.24) is 0 Å². The van der Waals surface area contributed by atoms with Crippen LogP contribution in [-0.2, 0) is 0 Å². The van der Waals surface area contributed by atoms with Crippen LogP contribution in [-0.4, -0.2) is 19.4 Å². The quantitative estimate of drug-likeness (QED) is 0.782. The minimum Gasteiger partial charge on any atom is -0.371 e. The molecule has 1 aromatic carbocycles. The minimum absolute atomic E-state index is 0.506. The molecule has 1 fully saturated rings. The summed E-state index contributed by atoms with van der Waals surface area (Å²) < 4.78 is 0. The highest BCUT2D eigenvalue weighted by Gasteiger charge is 2.24. The lowest BCUT2D eigenvalue weighted by Gasteiger charge is -2.36. The smallest absolute Gasteiger partial charge is 0.150 e. The van der Waals surface area contributed by atoms with E-state index in [-0.39, 0.29) is 0 Å². The summed E-state index contributed by atoms with van der Waals surface area (Å²) in [5, 5.41) is 9.27. The van der Waals surface area contributed by atoms with Crippen LogP contribution >= 0.6 is 0 Å². The zero-order valence-corrected chi connectivity index (χ0v) is 12.3. The fourth-order valence-corrected chi connectivity index (χ4v) is 3.16. The van der Waals surface area contributed by atoms with Gasteiger partial charge < -0.3 is 4.90 Å². The van der Waals surface area contributed by atoms with Crippen molar-refractivity contribution >= 4 is 12.0 Å². The van der Waals surface area contributed by atoms with Crippen molar-refractivity contribution in [1.29, 1.82) is 5.26 Å². The number of nitrogens with zero attached hydrogens (tertiary/aromatic N) is 2. The number of benzene rings is 1. The van der Waals surface area contributed by atoms with Gasteiger partial charge >= 0.3 is 0 Å². The molecule has 0 atom stereocenters. The van der Waals surface area contributed by atoms with Crippen LogP contribution in [0.4, 0.5) is 5.69 Å². The molecule has 1 aromatic rings. The Morgan fingerprint density at radius 1 is 1.35 bits per heavy atom. The SMILES string of the molecule is CCC1CCC(N(C)c2ccc(C=O)cc2C#N)CC1. The van der Waals surface area contributed by atoms with Crippen LogP contribution in [0, 0.1) is 17.2 Å². The molecule has 0 aliphatic heterocycles. The first-order valence-electron chi connectivity index (χ1n) is 7.41. The van der Waals surface area contributed by atoms with Gasteiger partial charge in [-0.2, -0.15) is 5.26 Å². The second kappa shape index (κ2) is 6.56. The molecule has 3 heteroatoms. The molecule has 0 saturated heterocycles. The number of hydrogen-bond acceptors (Lipinski definition) is 3. The molecule has 3 nitrogen and oxygen atoms in total. The number of carbonyl (C=O) groups is 1. The van der Waals surface area contributed by atoms with Gasteiger partial charge in [0.05, 0.1) is 11.3 Å². The molecule has 0 N–H and O–H groups in total. The van der Waals surface area contributed by atoms with E-state index in [2.05, 4.69) is 24.9 Å². The summed E-state index contributed by atoms with van der Waals surface area (Å²) in [6.45, 7) is 2.26. The summed E-state index contributed by atoms with van der Waals surface area (Å²) in [7, 11) is 2.06. The topological polar surface area (TPSA) is 44.1 Å². The zero-order valence-electron chi connectivity index (χ0n) is 12.3. The van der Waals surface area contributed by atoms with E-state index < -0.39 is 0 Å². The van der Waals surface area contributed by atoms with Crippen molar-refractivity contribution in [2.45, 2.75) is 45.1 Å². The monoisotopic (exact) mass is 270 g/mol. The third kappa shape index (κ3) is 3.01. The van der Waals surface area contributed by atoms with Crippen LogP contribution in [0.1, 0.15) is 54.9 Å². The summed E-state index contributed by atoms with van der Waals surface area (Å²) in [5.74, 6) is 0.868. The molecular formula is C17H22N2O. The maximum Gasteiger partial charge on any atom is 0.150 e. The Morgan fingerprint density at radius 2 is 2.05 bits per heavy atom. The van der Waals surface area contributed by atoms with Crippen molar-refractivity contribution in [2.24, 2.45) is 5.92 Å². The molecule has 0 bridgehead atoms. The normalized spacial score (nSPS) is 22.1. The highest BCUT2D eigenvalue weighted by molar-refractivity contribution is 5.78. The lowest BCUT2D eigenvalue weighted by molar-refractivity contribution is 0.112. The van der Waals surface area contributed by atoms with E-state index in [0.717, 1.165) is 17.9 Å². The van der Waals surface area contributed by atoms with Crippen LogP contribution in [0.3, 0.4) is 0 Å². The van der Waals surface area contributed by atoms with E-state index in [1.165, 1.54) is 32.1 Å². The maximum atomic E-state index is 10.8. The molecule has 0 amide bonds. The Bertz CT molecular complexity index is 510. The average Bonchev–Trinajstić information content (AvgIpc) is 2.53. The van der Waals surface area contributed by atoms with E-state index in [1.54, 1.807) is 12.1 Å². The van der Waals surface area contributed by atoms with Gasteiger partial charge in [-0.25, -0.2) is 0 Å². The number of hydrogen-bond donors (Lipinski definition) is 0. The molecule has 1 aliphatic carbocycles. The lowest BCUT2D eigenvalue weighted by atomic mass is 9.84. The number of rotatable bonds is 4. The van der Waals surface area contributed by atoms with Gasteiger partial charge in [-0.05, 0) is 49.8 Å². The maximum absolute atomic E-state index is 10.8. The lowest BCUT2D eigenvalue weighted by Crippen LogP contribution is -2.35. The zero-order chi connectivity index (χ0) is 14.5. The highest BCUT2D eigenvalue weighted by Crippen LogP contribution is 2.32. The van der Waals surface area contributed by atoms with Gasteiger partial charge in [-0.1, -0.05) is 13.3 Å². The number of aldehydes is 1. The van der Waals surface area contributed by atoms with Gasteiger partial charge in [0.25, 0.3) is 0 Å². The Labute approximate surface area is 121 Å². The first kappa shape index (κ1) is 14.6. The standard InChI is InChI=1S/C17H22N2O/c1-3-13-4-7-16(8-5-13)19(2)17-9-6-14(12-20)10-15(17)11-18/h6,9-10,12-13,16H,3-5,7-8H2,1-2H3. The first-order valence-corrected chi connectivity index (χ1v) is 7.41. The Balaban J connectivity index is 2.15. The van der Waals surface area contributed by atoms with E-state index in [9.17, 15) is 10.1 Å². The molecular weight excluding hydrogens is 248 g/mol. The van der Waals surface area contributed by atoms with Crippen molar-refractivity contribution in [2.75, 3.05) is 11.9 Å². The van der Waals surface area contributed by atoms with Gasteiger partial charge in [0.15, 0.2) is 0 Å². The van der Waals surface area contributed by atoms with E-state index >= 15 is 0 Å². The number of anilines is 1. The Kier molecular flexibility index (Phi) is 4.79. The van der Waals surface area contributed by atoms with Gasteiger partial charge in [-0.15, -0.1) is 0 Å². The van der Waals surface area contributed by atoms with Crippen LogP contribution in [0.15, 0.2) is 18.2 Å². The van der Waals surface area contributed by atoms with E-state index in [1.807, 2.05) is 6.07 Å². The van der Waals surface area contributed by atoms with Crippen molar-refractivity contribution in [3.8, 4) is 6.07 Å². The van der Waals surface area contributed by atoms with Gasteiger partial charge in [0.1, 0.15) is 12.4 Å². The summed E-state index contributed by atoms with van der Waals surface area (Å²) in [6, 6.07) is 8.08. The predicted molar refractivity (Wildman–Crippen MR) is 81.0 cm³/mol.